The van der Waals surface area contributed by atoms with E-state index in [2.05, 4.69) is 5.32 Å². The number of para-hydroxylation sites is 1. The van der Waals surface area contributed by atoms with Gasteiger partial charge in [-0.3, -0.25) is 19.3 Å². The Morgan fingerprint density at radius 1 is 1.00 bits per heavy atom. The van der Waals surface area contributed by atoms with Crippen molar-refractivity contribution in [1.82, 2.24) is 4.90 Å². The van der Waals surface area contributed by atoms with Crippen molar-refractivity contribution in [2.24, 2.45) is 0 Å². The monoisotopic (exact) mass is 480 g/mol. The summed E-state index contributed by atoms with van der Waals surface area (Å²) in [6.45, 7) is -0.525. The van der Waals surface area contributed by atoms with Gasteiger partial charge >= 0.3 is 0 Å². The highest BCUT2D eigenvalue weighted by Crippen LogP contribution is 2.34. The number of amides is 3. The summed E-state index contributed by atoms with van der Waals surface area (Å²) in [5.41, 5.74) is 1.11. The Labute approximate surface area is 198 Å². The van der Waals surface area contributed by atoms with Crippen LogP contribution in [-0.2, 0) is 16.2 Å². The molecule has 0 radical (unpaired) electrons. The van der Waals surface area contributed by atoms with Crippen molar-refractivity contribution in [3.05, 3.63) is 100 Å². The SMILES string of the molecule is O=C(CN1C(=O)S/C(=C/c2ccccc2OCc2ccccc2F)C1=O)Nc1cccc(F)c1. The first-order chi connectivity index (χ1) is 16.4. The highest BCUT2D eigenvalue weighted by molar-refractivity contribution is 8.18. The number of ether oxygens (including phenoxy) is 1. The smallest absolute Gasteiger partial charge is 0.294 e. The first-order valence-electron chi connectivity index (χ1n) is 10.2. The Balaban J connectivity index is 1.46. The van der Waals surface area contributed by atoms with Gasteiger partial charge in [-0.2, -0.15) is 0 Å². The molecule has 3 aromatic rings. The zero-order valence-corrected chi connectivity index (χ0v) is 18.5. The molecule has 172 valence electrons. The van der Waals surface area contributed by atoms with Crippen LogP contribution in [0.3, 0.4) is 0 Å². The van der Waals surface area contributed by atoms with Crippen LogP contribution in [0.15, 0.2) is 77.7 Å². The number of rotatable bonds is 7. The van der Waals surface area contributed by atoms with Gasteiger partial charge in [0.05, 0.1) is 4.91 Å². The zero-order valence-electron chi connectivity index (χ0n) is 17.7. The largest absolute Gasteiger partial charge is 0.488 e. The lowest BCUT2D eigenvalue weighted by molar-refractivity contribution is -0.127. The number of nitrogens with zero attached hydrogens (tertiary/aromatic N) is 1. The van der Waals surface area contributed by atoms with Gasteiger partial charge in [-0.1, -0.05) is 42.5 Å². The Morgan fingerprint density at radius 2 is 1.76 bits per heavy atom. The van der Waals surface area contributed by atoms with Crippen molar-refractivity contribution in [2.75, 3.05) is 11.9 Å². The topological polar surface area (TPSA) is 75.7 Å². The number of carbonyl (C=O) groups excluding carboxylic acids is 3. The molecule has 0 saturated carbocycles. The first kappa shape index (κ1) is 23.2. The second-order valence-corrected chi connectivity index (χ2v) is 8.24. The number of imide groups is 1. The fourth-order valence-electron chi connectivity index (χ4n) is 3.19. The van der Waals surface area contributed by atoms with E-state index >= 15 is 0 Å². The molecule has 1 saturated heterocycles. The molecule has 6 nitrogen and oxygen atoms in total. The van der Waals surface area contributed by atoms with Crippen molar-refractivity contribution in [2.45, 2.75) is 6.61 Å². The van der Waals surface area contributed by atoms with Gasteiger partial charge in [0.2, 0.25) is 5.91 Å². The third-order valence-corrected chi connectivity index (χ3v) is 5.74. The Kier molecular flexibility index (Phi) is 7.03. The van der Waals surface area contributed by atoms with E-state index in [1.807, 2.05) is 0 Å². The Hall–Kier alpha value is -3.98. The van der Waals surface area contributed by atoms with Crippen molar-refractivity contribution in [1.29, 1.82) is 0 Å². The van der Waals surface area contributed by atoms with E-state index in [-0.39, 0.29) is 17.2 Å². The van der Waals surface area contributed by atoms with Crippen LogP contribution >= 0.6 is 11.8 Å². The molecule has 1 N–H and O–H groups in total. The van der Waals surface area contributed by atoms with Gasteiger partial charge in [0, 0.05) is 16.8 Å². The average molecular weight is 480 g/mol. The third kappa shape index (κ3) is 5.49. The number of nitrogens with one attached hydrogen (secondary N) is 1. The van der Waals surface area contributed by atoms with Crippen LogP contribution in [0.4, 0.5) is 19.3 Å². The number of hydrogen-bond acceptors (Lipinski definition) is 5. The van der Waals surface area contributed by atoms with Crippen LogP contribution in [0.25, 0.3) is 6.08 Å². The molecular formula is C25H18F2N2O4S. The van der Waals surface area contributed by atoms with Crippen LogP contribution < -0.4 is 10.1 Å². The number of hydrogen-bond donors (Lipinski definition) is 1. The molecule has 0 spiro atoms. The number of anilines is 1. The van der Waals surface area contributed by atoms with Gasteiger partial charge in [-0.05, 0) is 48.2 Å². The molecule has 9 heteroatoms. The van der Waals surface area contributed by atoms with E-state index in [1.165, 1.54) is 30.3 Å². The fraction of sp³-hybridized carbons (Fsp3) is 0.0800. The van der Waals surface area contributed by atoms with Crippen molar-refractivity contribution in [3.63, 3.8) is 0 Å². The number of thioether (sulfide) groups is 1. The molecule has 1 fully saturated rings. The van der Waals surface area contributed by atoms with E-state index in [4.69, 9.17) is 4.74 Å². The molecule has 1 heterocycles. The number of carbonyl (C=O) groups is 3. The lowest BCUT2D eigenvalue weighted by atomic mass is 10.1. The van der Waals surface area contributed by atoms with Gasteiger partial charge in [-0.25, -0.2) is 8.78 Å². The minimum Gasteiger partial charge on any atom is -0.488 e. The molecule has 34 heavy (non-hydrogen) atoms. The van der Waals surface area contributed by atoms with E-state index in [0.29, 0.717) is 28.6 Å². The van der Waals surface area contributed by atoms with E-state index in [1.54, 1.807) is 42.5 Å². The van der Waals surface area contributed by atoms with Crippen LogP contribution in [0.5, 0.6) is 5.75 Å². The van der Waals surface area contributed by atoms with Crippen LogP contribution in [0.2, 0.25) is 0 Å². The summed E-state index contributed by atoms with van der Waals surface area (Å²) < 4.78 is 32.9. The number of halogens is 2. The quantitative estimate of drug-likeness (QED) is 0.470. The third-order valence-electron chi connectivity index (χ3n) is 4.83. The van der Waals surface area contributed by atoms with Gasteiger partial charge in [0.1, 0.15) is 30.5 Å². The maximum atomic E-state index is 13.9. The summed E-state index contributed by atoms with van der Waals surface area (Å²) in [6.07, 6.45) is 1.49. The Bertz CT molecular complexity index is 1300. The summed E-state index contributed by atoms with van der Waals surface area (Å²) in [7, 11) is 0. The van der Waals surface area contributed by atoms with Crippen LogP contribution in [0.1, 0.15) is 11.1 Å². The zero-order chi connectivity index (χ0) is 24.1. The van der Waals surface area contributed by atoms with Gasteiger partial charge in [0.25, 0.3) is 11.1 Å². The van der Waals surface area contributed by atoms with E-state index in [9.17, 15) is 23.2 Å². The second-order valence-electron chi connectivity index (χ2n) is 7.24. The minimum atomic E-state index is -0.636. The maximum Gasteiger partial charge on any atom is 0.294 e. The molecule has 3 aromatic carbocycles. The lowest BCUT2D eigenvalue weighted by Gasteiger charge is -2.12. The molecule has 0 bridgehead atoms. The molecule has 0 aliphatic carbocycles. The maximum absolute atomic E-state index is 13.9. The summed E-state index contributed by atoms with van der Waals surface area (Å²) in [6, 6.07) is 18.4. The predicted octanol–water partition coefficient (Wildman–Crippen LogP) is 5.22. The van der Waals surface area contributed by atoms with Gasteiger partial charge in [0.15, 0.2) is 0 Å². The average Bonchev–Trinajstić information content (AvgIpc) is 3.06. The standard InChI is InChI=1S/C25H18F2N2O4S/c26-18-8-5-9-19(13-18)28-23(30)14-29-24(31)22(34-25(29)32)12-16-6-2-4-11-21(16)33-15-17-7-1-3-10-20(17)27/h1-13H,14-15H2,(H,28,30)/b22-12+. The minimum absolute atomic E-state index is 0.0146. The molecule has 4 rings (SSSR count). The van der Waals surface area contributed by atoms with Crippen molar-refractivity contribution < 1.29 is 27.9 Å². The molecule has 1 aliphatic rings. The summed E-state index contributed by atoms with van der Waals surface area (Å²) in [5, 5.41) is 1.86. The van der Waals surface area contributed by atoms with E-state index < -0.39 is 35.2 Å². The molecule has 0 atom stereocenters. The normalized spacial score (nSPS) is 14.5. The molecule has 0 unspecified atom stereocenters. The first-order valence-corrected chi connectivity index (χ1v) is 11.0. The highest BCUT2D eigenvalue weighted by Gasteiger charge is 2.36. The Morgan fingerprint density at radius 3 is 2.56 bits per heavy atom. The van der Waals surface area contributed by atoms with Gasteiger partial charge in [-0.15, -0.1) is 0 Å². The second kappa shape index (κ2) is 10.3. The van der Waals surface area contributed by atoms with Crippen LogP contribution in [-0.4, -0.2) is 28.5 Å². The fourth-order valence-corrected chi connectivity index (χ4v) is 4.02. The lowest BCUT2D eigenvalue weighted by Crippen LogP contribution is -2.36. The highest BCUT2D eigenvalue weighted by atomic mass is 32.2. The van der Waals surface area contributed by atoms with Gasteiger partial charge < -0.3 is 10.1 Å². The van der Waals surface area contributed by atoms with Crippen molar-refractivity contribution in [3.8, 4) is 5.75 Å². The summed E-state index contributed by atoms with van der Waals surface area (Å²) >= 11 is 0.696. The molecular weight excluding hydrogens is 462 g/mol. The van der Waals surface area contributed by atoms with Crippen molar-refractivity contribution >= 4 is 40.6 Å². The summed E-state index contributed by atoms with van der Waals surface area (Å²) in [4.78, 5) is 38.4. The predicted molar refractivity (Wildman–Crippen MR) is 125 cm³/mol. The van der Waals surface area contributed by atoms with Crippen LogP contribution in [0, 0.1) is 11.6 Å². The van der Waals surface area contributed by atoms with E-state index in [0.717, 1.165) is 11.0 Å². The molecule has 1 aliphatic heterocycles. The molecule has 3 amide bonds. The number of benzene rings is 3. The molecule has 0 aromatic heterocycles. The summed E-state index contributed by atoms with van der Waals surface area (Å²) in [5.74, 6) is -1.78.